The Balaban J connectivity index is 2.12. The summed E-state index contributed by atoms with van der Waals surface area (Å²) in [5.74, 6) is 0.412. The summed E-state index contributed by atoms with van der Waals surface area (Å²) in [4.78, 5) is 22.8. The van der Waals surface area contributed by atoms with Crippen molar-refractivity contribution in [2.45, 2.75) is 65.0 Å². The van der Waals surface area contributed by atoms with Crippen LogP contribution in [0.3, 0.4) is 0 Å². The summed E-state index contributed by atoms with van der Waals surface area (Å²) in [7, 11) is 1.34. The van der Waals surface area contributed by atoms with E-state index >= 15 is 0 Å². The Labute approximate surface area is 191 Å². The Morgan fingerprint density at radius 1 is 0.969 bits per heavy atom. The highest BCUT2D eigenvalue weighted by Crippen LogP contribution is 2.20. The number of carbonyl (C=O) groups is 2. The van der Waals surface area contributed by atoms with Gasteiger partial charge < -0.3 is 29.0 Å². The topological polar surface area (TPSA) is 92.3 Å². The van der Waals surface area contributed by atoms with Gasteiger partial charge in [0.05, 0.1) is 19.8 Å². The molecule has 0 spiro atoms. The van der Waals surface area contributed by atoms with Crippen LogP contribution in [0.25, 0.3) is 0 Å². The molecule has 8 nitrogen and oxygen atoms in total. The van der Waals surface area contributed by atoms with E-state index in [1.807, 2.05) is 52.0 Å². The lowest BCUT2D eigenvalue weighted by Crippen LogP contribution is -2.34. The van der Waals surface area contributed by atoms with E-state index < -0.39 is 11.7 Å². The maximum absolute atomic E-state index is 12.0. The van der Waals surface area contributed by atoms with Gasteiger partial charge in [-0.3, -0.25) is 0 Å². The number of nitrogens with one attached hydrogen (secondary N) is 1. The lowest BCUT2D eigenvalue weighted by molar-refractivity contribution is -0.146. The van der Waals surface area contributed by atoms with Gasteiger partial charge in [-0.1, -0.05) is 12.1 Å². The van der Waals surface area contributed by atoms with E-state index in [2.05, 4.69) is 10.1 Å². The summed E-state index contributed by atoms with van der Waals surface area (Å²) >= 11 is 0. The molecular formula is C24H39NO7. The SMILES string of the molecule is COC(=O)COCCCOCCCCCOc1cccc([C@@H](C)NC(=O)OC(C)(C)C)c1. The number of rotatable bonds is 15. The highest BCUT2D eigenvalue weighted by Gasteiger charge is 2.18. The molecule has 1 atom stereocenters. The van der Waals surface area contributed by atoms with E-state index in [9.17, 15) is 9.59 Å². The largest absolute Gasteiger partial charge is 0.494 e. The number of benzene rings is 1. The average Bonchev–Trinajstić information content (AvgIpc) is 2.73. The van der Waals surface area contributed by atoms with Crippen LogP contribution in [0.15, 0.2) is 24.3 Å². The highest BCUT2D eigenvalue weighted by atomic mass is 16.6. The quantitative estimate of drug-likeness (QED) is 0.310. The van der Waals surface area contributed by atoms with Crippen molar-refractivity contribution in [3.8, 4) is 5.75 Å². The van der Waals surface area contributed by atoms with Crippen LogP contribution >= 0.6 is 0 Å². The van der Waals surface area contributed by atoms with Crippen LogP contribution < -0.4 is 10.1 Å². The first-order valence-corrected chi connectivity index (χ1v) is 11.2. The van der Waals surface area contributed by atoms with Crippen LogP contribution in [0.2, 0.25) is 0 Å². The summed E-state index contributed by atoms with van der Waals surface area (Å²) < 4.78 is 26.3. The molecule has 1 aromatic rings. The summed E-state index contributed by atoms with van der Waals surface area (Å²) in [6, 6.07) is 7.53. The fourth-order valence-corrected chi connectivity index (χ4v) is 2.69. The molecule has 0 aliphatic rings. The van der Waals surface area contributed by atoms with Crippen molar-refractivity contribution in [2.24, 2.45) is 0 Å². The van der Waals surface area contributed by atoms with Crippen molar-refractivity contribution in [1.29, 1.82) is 0 Å². The molecule has 0 aromatic heterocycles. The first-order valence-electron chi connectivity index (χ1n) is 11.2. The molecule has 0 aliphatic heterocycles. The number of hydrogen-bond donors (Lipinski definition) is 1. The van der Waals surface area contributed by atoms with E-state index in [1.54, 1.807) is 0 Å². The van der Waals surface area contributed by atoms with Crippen LogP contribution in [-0.4, -0.2) is 57.8 Å². The number of hydrogen-bond acceptors (Lipinski definition) is 7. The molecule has 0 bridgehead atoms. The number of alkyl carbamates (subject to hydrolysis) is 1. The summed E-state index contributed by atoms with van der Waals surface area (Å²) in [6.07, 6.45) is 3.21. The van der Waals surface area contributed by atoms with Crippen molar-refractivity contribution in [1.82, 2.24) is 5.32 Å². The van der Waals surface area contributed by atoms with E-state index in [-0.39, 0.29) is 18.6 Å². The fraction of sp³-hybridized carbons (Fsp3) is 0.667. The lowest BCUT2D eigenvalue weighted by Gasteiger charge is -2.22. The zero-order valence-electron chi connectivity index (χ0n) is 20.1. The molecule has 32 heavy (non-hydrogen) atoms. The number of carbonyl (C=O) groups excluding carboxylic acids is 2. The van der Waals surface area contributed by atoms with Gasteiger partial charge in [0, 0.05) is 19.8 Å². The van der Waals surface area contributed by atoms with Crippen molar-refractivity contribution in [3.05, 3.63) is 29.8 Å². The molecule has 0 saturated heterocycles. The number of amides is 1. The second kappa shape index (κ2) is 15.5. The first-order chi connectivity index (χ1) is 15.2. The number of methoxy groups -OCH3 is 1. The van der Waals surface area contributed by atoms with Crippen LogP contribution in [-0.2, 0) is 23.7 Å². The second-order valence-corrected chi connectivity index (χ2v) is 8.44. The van der Waals surface area contributed by atoms with Gasteiger partial charge in [0.1, 0.15) is 18.0 Å². The van der Waals surface area contributed by atoms with E-state index in [4.69, 9.17) is 18.9 Å². The van der Waals surface area contributed by atoms with Gasteiger partial charge in [-0.15, -0.1) is 0 Å². The number of unbranched alkanes of at least 4 members (excludes halogenated alkanes) is 2. The number of ether oxygens (including phenoxy) is 5. The van der Waals surface area contributed by atoms with Gasteiger partial charge in [0.15, 0.2) is 0 Å². The number of esters is 1. The molecule has 1 rings (SSSR count). The fourth-order valence-electron chi connectivity index (χ4n) is 2.69. The third-order valence-corrected chi connectivity index (χ3v) is 4.32. The van der Waals surface area contributed by atoms with Crippen molar-refractivity contribution in [3.63, 3.8) is 0 Å². The smallest absolute Gasteiger partial charge is 0.408 e. The molecule has 1 aromatic carbocycles. The maximum Gasteiger partial charge on any atom is 0.408 e. The molecular weight excluding hydrogens is 414 g/mol. The van der Waals surface area contributed by atoms with Gasteiger partial charge in [-0.05, 0) is 71.1 Å². The molecule has 0 heterocycles. The monoisotopic (exact) mass is 453 g/mol. The zero-order valence-corrected chi connectivity index (χ0v) is 20.1. The molecule has 0 aliphatic carbocycles. The molecule has 1 amide bonds. The van der Waals surface area contributed by atoms with Crippen molar-refractivity contribution in [2.75, 3.05) is 40.1 Å². The molecule has 0 fully saturated rings. The predicted octanol–water partition coefficient (Wildman–Crippen LogP) is 4.42. The van der Waals surface area contributed by atoms with Crippen LogP contribution in [0.5, 0.6) is 5.75 Å². The molecule has 0 unspecified atom stereocenters. The summed E-state index contributed by atoms with van der Waals surface area (Å²) in [6.45, 7) is 9.81. The minimum Gasteiger partial charge on any atom is -0.494 e. The van der Waals surface area contributed by atoms with Crippen LogP contribution in [0.1, 0.15) is 65.0 Å². The normalized spacial score (nSPS) is 12.2. The van der Waals surface area contributed by atoms with Crippen LogP contribution in [0.4, 0.5) is 4.79 Å². The molecule has 8 heteroatoms. The third kappa shape index (κ3) is 13.9. The first kappa shape index (κ1) is 27.7. The summed E-state index contributed by atoms with van der Waals surface area (Å²) in [5, 5.41) is 2.84. The van der Waals surface area contributed by atoms with Gasteiger partial charge in [-0.2, -0.15) is 0 Å². The van der Waals surface area contributed by atoms with Gasteiger partial charge in [0.25, 0.3) is 0 Å². The molecule has 0 saturated carbocycles. The Hall–Kier alpha value is -2.32. The summed E-state index contributed by atoms with van der Waals surface area (Å²) in [5.41, 5.74) is 0.428. The third-order valence-electron chi connectivity index (χ3n) is 4.32. The minimum atomic E-state index is -0.528. The van der Waals surface area contributed by atoms with E-state index in [0.717, 1.165) is 37.0 Å². The molecule has 1 N–H and O–H groups in total. The lowest BCUT2D eigenvalue weighted by atomic mass is 10.1. The van der Waals surface area contributed by atoms with Gasteiger partial charge in [0.2, 0.25) is 0 Å². The Morgan fingerprint density at radius 2 is 1.66 bits per heavy atom. The zero-order chi connectivity index (χ0) is 23.8. The molecule has 0 radical (unpaired) electrons. The van der Waals surface area contributed by atoms with Gasteiger partial charge >= 0.3 is 12.1 Å². The Kier molecular flexibility index (Phi) is 13.4. The predicted molar refractivity (Wildman–Crippen MR) is 122 cm³/mol. The average molecular weight is 454 g/mol. The Bertz CT molecular complexity index is 673. The van der Waals surface area contributed by atoms with E-state index in [1.165, 1.54) is 7.11 Å². The standard InChI is InChI=1S/C24H39NO7/c1-19(25-23(27)32-24(2,3)4)20-11-9-12-21(17-20)31-16-8-6-7-13-29-14-10-15-30-18-22(26)28-5/h9,11-12,17,19H,6-8,10,13-16,18H2,1-5H3,(H,25,27)/t19-/m1/s1. The van der Waals surface area contributed by atoms with Crippen molar-refractivity contribution < 1.29 is 33.3 Å². The minimum absolute atomic E-state index is 0.0153. The Morgan fingerprint density at radius 3 is 2.38 bits per heavy atom. The second-order valence-electron chi connectivity index (χ2n) is 8.44. The van der Waals surface area contributed by atoms with E-state index in [0.29, 0.717) is 26.4 Å². The van der Waals surface area contributed by atoms with Gasteiger partial charge in [-0.25, -0.2) is 9.59 Å². The van der Waals surface area contributed by atoms with Crippen LogP contribution in [0, 0.1) is 0 Å². The van der Waals surface area contributed by atoms with Crippen molar-refractivity contribution >= 4 is 12.1 Å². The molecule has 182 valence electrons. The maximum atomic E-state index is 12.0. The highest BCUT2D eigenvalue weighted by molar-refractivity contribution is 5.70.